The summed E-state index contributed by atoms with van der Waals surface area (Å²) in [6, 6.07) is 7.09. The quantitative estimate of drug-likeness (QED) is 0.429. The highest BCUT2D eigenvalue weighted by Gasteiger charge is 2.20. The first kappa shape index (κ1) is 24.5. The molecule has 0 unspecified atom stereocenters. The molecule has 3 aromatic rings. The molecule has 184 valence electrons. The topological polar surface area (TPSA) is 150 Å². The molecule has 3 heterocycles. The molecular weight excluding hydrogens is 492 g/mol. The van der Waals surface area contributed by atoms with Crippen LogP contribution in [0.1, 0.15) is 5.69 Å². The number of carbonyl (C=O) groups excluding carboxylic acids is 2. The highest BCUT2D eigenvalue weighted by molar-refractivity contribution is 7.92. The highest BCUT2D eigenvalue weighted by Crippen LogP contribution is 2.19. The number of piperazine rings is 1. The van der Waals surface area contributed by atoms with Gasteiger partial charge in [-0.15, -0.1) is 11.3 Å². The van der Waals surface area contributed by atoms with Crippen molar-refractivity contribution in [2.24, 2.45) is 0 Å². The predicted octanol–water partition coefficient (Wildman–Crippen LogP) is 1.69. The fourth-order valence-corrected chi connectivity index (χ4v) is 4.90. The van der Waals surface area contributed by atoms with Crippen LogP contribution in [-0.4, -0.2) is 78.3 Å². The molecule has 35 heavy (non-hydrogen) atoms. The number of aromatic nitrogens is 3. The SMILES string of the molecule is CN1CCN(C(=O)Nc2nc(CC(=O)Nc3ccc(S(=O)(=O)Nc4ncccn4)cc3)cs2)CC1. The maximum Gasteiger partial charge on any atom is 0.323 e. The molecule has 2 aromatic heterocycles. The molecule has 4 rings (SSSR count). The van der Waals surface area contributed by atoms with Crippen molar-refractivity contribution >= 4 is 50.1 Å². The molecule has 1 aliphatic rings. The summed E-state index contributed by atoms with van der Waals surface area (Å²) in [4.78, 5) is 40.7. The van der Waals surface area contributed by atoms with Crippen molar-refractivity contribution in [3.05, 3.63) is 53.8 Å². The van der Waals surface area contributed by atoms with Crippen molar-refractivity contribution in [3.63, 3.8) is 0 Å². The Morgan fingerprint density at radius 1 is 1.03 bits per heavy atom. The summed E-state index contributed by atoms with van der Waals surface area (Å²) in [5, 5.41) is 7.64. The van der Waals surface area contributed by atoms with Gasteiger partial charge in [0, 0.05) is 49.6 Å². The van der Waals surface area contributed by atoms with Crippen LogP contribution < -0.4 is 15.4 Å². The van der Waals surface area contributed by atoms with Crippen molar-refractivity contribution in [1.29, 1.82) is 0 Å². The zero-order chi connectivity index (χ0) is 24.8. The lowest BCUT2D eigenvalue weighted by Crippen LogP contribution is -2.48. The van der Waals surface area contributed by atoms with E-state index in [1.165, 1.54) is 48.0 Å². The van der Waals surface area contributed by atoms with E-state index in [4.69, 9.17) is 0 Å². The number of likely N-dealkylation sites (N-methyl/N-ethyl adjacent to an activating group) is 1. The number of hydrogen-bond acceptors (Lipinski definition) is 9. The molecular formula is C21H24N8O4S2. The van der Waals surface area contributed by atoms with Crippen molar-refractivity contribution in [1.82, 2.24) is 24.8 Å². The number of amides is 3. The lowest BCUT2D eigenvalue weighted by molar-refractivity contribution is -0.115. The molecule has 0 aliphatic carbocycles. The molecule has 1 saturated heterocycles. The Morgan fingerprint density at radius 2 is 1.71 bits per heavy atom. The van der Waals surface area contributed by atoms with E-state index >= 15 is 0 Å². The highest BCUT2D eigenvalue weighted by atomic mass is 32.2. The van der Waals surface area contributed by atoms with Gasteiger partial charge < -0.3 is 15.1 Å². The third kappa shape index (κ3) is 6.71. The number of hydrogen-bond donors (Lipinski definition) is 3. The Kier molecular flexibility index (Phi) is 7.53. The van der Waals surface area contributed by atoms with Gasteiger partial charge in [-0.2, -0.15) is 0 Å². The molecule has 0 radical (unpaired) electrons. The van der Waals surface area contributed by atoms with Gasteiger partial charge in [-0.1, -0.05) is 0 Å². The Hall–Kier alpha value is -3.62. The van der Waals surface area contributed by atoms with E-state index in [1.807, 2.05) is 7.05 Å². The summed E-state index contributed by atoms with van der Waals surface area (Å²) in [6.45, 7) is 2.95. The lowest BCUT2D eigenvalue weighted by atomic mass is 10.3. The number of rotatable bonds is 7. The number of nitrogens with one attached hydrogen (secondary N) is 3. The molecule has 1 aromatic carbocycles. The van der Waals surface area contributed by atoms with Crippen LogP contribution in [0.15, 0.2) is 53.0 Å². The van der Waals surface area contributed by atoms with Crippen molar-refractivity contribution in [2.75, 3.05) is 48.6 Å². The lowest BCUT2D eigenvalue weighted by Gasteiger charge is -2.32. The van der Waals surface area contributed by atoms with Gasteiger partial charge in [-0.05, 0) is 37.4 Å². The third-order valence-corrected chi connectivity index (χ3v) is 7.29. The monoisotopic (exact) mass is 516 g/mol. The fourth-order valence-electron chi connectivity index (χ4n) is 3.24. The molecule has 3 N–H and O–H groups in total. The first-order valence-corrected chi connectivity index (χ1v) is 13.0. The standard InChI is InChI=1S/C21H24N8O4S2/c1-28-9-11-29(12-10-28)21(31)26-20-25-16(14-34-20)13-18(30)24-15-3-5-17(6-4-15)35(32,33)27-19-22-7-2-8-23-19/h2-8,14H,9-13H2,1H3,(H,24,30)(H,22,23,27)(H,25,26,31). The predicted molar refractivity (Wildman–Crippen MR) is 132 cm³/mol. The minimum atomic E-state index is -3.86. The van der Waals surface area contributed by atoms with Crippen LogP contribution in [0.5, 0.6) is 0 Å². The summed E-state index contributed by atoms with van der Waals surface area (Å²) < 4.78 is 27.2. The summed E-state index contributed by atoms with van der Waals surface area (Å²) >= 11 is 1.25. The van der Waals surface area contributed by atoms with E-state index in [-0.39, 0.29) is 29.2 Å². The second-order valence-corrected chi connectivity index (χ2v) is 10.3. The van der Waals surface area contributed by atoms with Crippen LogP contribution in [-0.2, 0) is 21.2 Å². The van der Waals surface area contributed by atoms with Crippen LogP contribution in [0.25, 0.3) is 0 Å². The van der Waals surface area contributed by atoms with E-state index in [0.717, 1.165) is 13.1 Å². The van der Waals surface area contributed by atoms with Gasteiger partial charge in [0.15, 0.2) is 5.13 Å². The molecule has 14 heteroatoms. The molecule has 0 spiro atoms. The zero-order valence-electron chi connectivity index (χ0n) is 18.8. The second-order valence-electron chi connectivity index (χ2n) is 7.79. The maximum absolute atomic E-state index is 12.4. The summed E-state index contributed by atoms with van der Waals surface area (Å²) in [5.74, 6) is -0.356. The van der Waals surface area contributed by atoms with Crippen molar-refractivity contribution in [3.8, 4) is 0 Å². The van der Waals surface area contributed by atoms with Gasteiger partial charge in [0.2, 0.25) is 11.9 Å². The smallest absolute Gasteiger partial charge is 0.323 e. The summed E-state index contributed by atoms with van der Waals surface area (Å²) in [5.41, 5.74) is 0.955. The molecule has 3 amide bonds. The van der Waals surface area contributed by atoms with Crippen LogP contribution in [0.3, 0.4) is 0 Å². The molecule has 0 bridgehead atoms. The van der Waals surface area contributed by atoms with E-state index in [1.54, 1.807) is 16.3 Å². The molecule has 0 saturated carbocycles. The van der Waals surface area contributed by atoms with Crippen molar-refractivity contribution < 1.29 is 18.0 Å². The normalized spacial score (nSPS) is 14.4. The second kappa shape index (κ2) is 10.8. The molecule has 0 atom stereocenters. The Morgan fingerprint density at radius 3 is 2.40 bits per heavy atom. The maximum atomic E-state index is 12.4. The summed E-state index contributed by atoms with van der Waals surface area (Å²) in [6.07, 6.45) is 2.86. The van der Waals surface area contributed by atoms with E-state index in [0.29, 0.717) is 29.6 Å². The number of urea groups is 1. The van der Waals surface area contributed by atoms with E-state index in [9.17, 15) is 18.0 Å². The van der Waals surface area contributed by atoms with Crippen LogP contribution >= 0.6 is 11.3 Å². The van der Waals surface area contributed by atoms with Crippen LogP contribution in [0.2, 0.25) is 0 Å². The Bertz CT molecular complexity index is 1270. The zero-order valence-corrected chi connectivity index (χ0v) is 20.5. The van der Waals surface area contributed by atoms with Gasteiger partial charge in [-0.3, -0.25) is 10.1 Å². The number of thiazole rings is 1. The number of nitrogens with zero attached hydrogens (tertiary/aromatic N) is 5. The van der Waals surface area contributed by atoms with Gasteiger partial charge in [-0.25, -0.2) is 32.9 Å². The van der Waals surface area contributed by atoms with E-state index in [2.05, 4.69) is 35.2 Å². The minimum absolute atomic E-state index is 0.00295. The van der Waals surface area contributed by atoms with Gasteiger partial charge in [0.05, 0.1) is 17.0 Å². The molecule has 1 aliphatic heterocycles. The van der Waals surface area contributed by atoms with E-state index < -0.39 is 10.0 Å². The first-order chi connectivity index (χ1) is 16.8. The van der Waals surface area contributed by atoms with Gasteiger partial charge in [0.25, 0.3) is 10.0 Å². The fraction of sp³-hybridized carbons (Fsp3) is 0.286. The van der Waals surface area contributed by atoms with Crippen LogP contribution in [0.4, 0.5) is 21.6 Å². The van der Waals surface area contributed by atoms with Crippen LogP contribution in [0, 0.1) is 0 Å². The third-order valence-electron chi connectivity index (χ3n) is 5.14. The average Bonchev–Trinajstić information content (AvgIpc) is 3.26. The summed E-state index contributed by atoms with van der Waals surface area (Å²) in [7, 11) is -1.85. The van der Waals surface area contributed by atoms with Crippen molar-refractivity contribution in [2.45, 2.75) is 11.3 Å². The average molecular weight is 517 g/mol. The number of carbonyl (C=O) groups is 2. The minimum Gasteiger partial charge on any atom is -0.326 e. The van der Waals surface area contributed by atoms with Gasteiger partial charge in [0.1, 0.15) is 0 Å². The number of sulfonamides is 1. The molecule has 1 fully saturated rings. The first-order valence-electron chi connectivity index (χ1n) is 10.7. The number of benzene rings is 1. The molecule has 12 nitrogen and oxygen atoms in total. The largest absolute Gasteiger partial charge is 0.326 e. The Labute approximate surface area is 206 Å². The number of anilines is 3. The van der Waals surface area contributed by atoms with Gasteiger partial charge >= 0.3 is 6.03 Å². The Balaban J connectivity index is 1.29.